The Balaban J connectivity index is 2.01. The summed E-state index contributed by atoms with van der Waals surface area (Å²) in [6.07, 6.45) is 1.94. The molecular weight excluding hydrogens is 284 g/mol. The first kappa shape index (κ1) is 14.0. The molecule has 0 spiro atoms. The molecule has 0 saturated carbocycles. The molecular formula is C17H17ClN2O. The Hall–Kier alpha value is -2.00. The third-order valence-electron chi connectivity index (χ3n) is 3.76. The van der Waals surface area contributed by atoms with Crippen LogP contribution in [0, 0.1) is 6.92 Å². The third-order valence-corrected chi connectivity index (χ3v) is 3.98. The maximum atomic E-state index is 12.8. The van der Waals surface area contributed by atoms with Gasteiger partial charge in [0.05, 0.1) is 0 Å². The van der Waals surface area contributed by atoms with Crippen molar-refractivity contribution in [3.05, 3.63) is 58.1 Å². The first-order chi connectivity index (χ1) is 10.0. The molecule has 4 heteroatoms. The Morgan fingerprint density at radius 2 is 2.05 bits per heavy atom. The minimum atomic E-state index is -0.0212. The second-order valence-corrected chi connectivity index (χ2v) is 5.90. The summed E-state index contributed by atoms with van der Waals surface area (Å²) < 4.78 is 0. The molecule has 0 saturated heterocycles. The molecule has 0 atom stereocenters. The number of rotatable bonds is 1. The van der Waals surface area contributed by atoms with Crippen LogP contribution < -0.4 is 10.6 Å². The second kappa shape index (κ2) is 5.41. The Morgan fingerprint density at radius 3 is 2.81 bits per heavy atom. The molecule has 1 amide bonds. The van der Waals surface area contributed by atoms with E-state index in [0.29, 0.717) is 22.8 Å². The monoisotopic (exact) mass is 300 g/mol. The fraction of sp³-hybridized carbons (Fsp3) is 0.235. The molecule has 2 aromatic rings. The zero-order chi connectivity index (χ0) is 15.0. The van der Waals surface area contributed by atoms with E-state index >= 15 is 0 Å². The van der Waals surface area contributed by atoms with Crippen LogP contribution in [0.2, 0.25) is 5.02 Å². The maximum absolute atomic E-state index is 12.8. The van der Waals surface area contributed by atoms with E-state index in [1.165, 1.54) is 5.56 Å². The summed E-state index contributed by atoms with van der Waals surface area (Å²) in [5, 5.41) is 0.586. The average Bonchev–Trinajstić information content (AvgIpc) is 2.44. The average molecular weight is 301 g/mol. The SMILES string of the molecule is Cc1cc(Cl)cc(C(=O)N2CCCc3ccc(N)cc32)c1. The fourth-order valence-electron chi connectivity index (χ4n) is 2.82. The molecule has 3 rings (SSSR count). The fourth-order valence-corrected chi connectivity index (χ4v) is 3.11. The van der Waals surface area contributed by atoms with E-state index in [0.717, 1.165) is 24.1 Å². The minimum absolute atomic E-state index is 0.0212. The standard InChI is InChI=1S/C17H17ClN2O/c1-11-7-13(9-14(18)8-11)17(21)20-6-2-3-12-4-5-15(19)10-16(12)20/h4-5,7-10H,2-3,6,19H2,1H3. The van der Waals surface area contributed by atoms with Crippen LogP contribution in [0.5, 0.6) is 0 Å². The van der Waals surface area contributed by atoms with E-state index in [-0.39, 0.29) is 5.91 Å². The summed E-state index contributed by atoms with van der Waals surface area (Å²) in [4.78, 5) is 14.6. The number of hydrogen-bond acceptors (Lipinski definition) is 2. The lowest BCUT2D eigenvalue weighted by Crippen LogP contribution is -2.35. The van der Waals surface area contributed by atoms with Crippen LogP contribution in [0.1, 0.15) is 27.9 Å². The highest BCUT2D eigenvalue weighted by Crippen LogP contribution is 2.30. The van der Waals surface area contributed by atoms with Gasteiger partial charge in [0.15, 0.2) is 0 Å². The molecule has 1 aliphatic heterocycles. The van der Waals surface area contributed by atoms with Gasteiger partial charge in [0.25, 0.3) is 5.91 Å². The number of amides is 1. The van der Waals surface area contributed by atoms with E-state index in [9.17, 15) is 4.79 Å². The van der Waals surface area contributed by atoms with Gasteiger partial charge in [0.2, 0.25) is 0 Å². The minimum Gasteiger partial charge on any atom is -0.399 e. The van der Waals surface area contributed by atoms with Gasteiger partial charge >= 0.3 is 0 Å². The van der Waals surface area contributed by atoms with Crippen molar-refractivity contribution < 1.29 is 4.79 Å². The number of carbonyl (C=O) groups is 1. The van der Waals surface area contributed by atoms with Crippen molar-refractivity contribution in [3.8, 4) is 0 Å². The highest BCUT2D eigenvalue weighted by Gasteiger charge is 2.24. The Morgan fingerprint density at radius 1 is 1.24 bits per heavy atom. The molecule has 0 aliphatic carbocycles. The van der Waals surface area contributed by atoms with Crippen molar-refractivity contribution in [2.24, 2.45) is 0 Å². The number of benzene rings is 2. The number of hydrogen-bond donors (Lipinski definition) is 1. The summed E-state index contributed by atoms with van der Waals surface area (Å²) in [6.45, 7) is 2.64. The van der Waals surface area contributed by atoms with Gasteiger partial charge in [-0.3, -0.25) is 4.79 Å². The number of nitrogen functional groups attached to an aromatic ring is 1. The quantitative estimate of drug-likeness (QED) is 0.814. The number of nitrogens with zero attached hydrogens (tertiary/aromatic N) is 1. The molecule has 0 fully saturated rings. The van der Waals surface area contributed by atoms with Gasteiger partial charge in [-0.25, -0.2) is 0 Å². The normalized spacial score (nSPS) is 13.9. The van der Waals surface area contributed by atoms with Crippen LogP contribution in [0.3, 0.4) is 0 Å². The van der Waals surface area contributed by atoms with Crippen molar-refractivity contribution >= 4 is 28.9 Å². The summed E-state index contributed by atoms with van der Waals surface area (Å²) in [5.74, 6) is -0.0212. The van der Waals surface area contributed by atoms with Crippen LogP contribution in [-0.2, 0) is 6.42 Å². The molecule has 1 aliphatic rings. The van der Waals surface area contributed by atoms with Crippen LogP contribution in [0.15, 0.2) is 36.4 Å². The van der Waals surface area contributed by atoms with Gasteiger partial charge in [-0.1, -0.05) is 17.7 Å². The molecule has 21 heavy (non-hydrogen) atoms. The summed E-state index contributed by atoms with van der Waals surface area (Å²) in [7, 11) is 0. The van der Waals surface area contributed by atoms with Gasteiger partial charge in [0, 0.05) is 28.5 Å². The van der Waals surface area contributed by atoms with Gasteiger partial charge in [0.1, 0.15) is 0 Å². The molecule has 108 valence electrons. The smallest absolute Gasteiger partial charge is 0.258 e. The van der Waals surface area contributed by atoms with Crippen molar-refractivity contribution in [2.45, 2.75) is 19.8 Å². The second-order valence-electron chi connectivity index (χ2n) is 5.47. The van der Waals surface area contributed by atoms with Gasteiger partial charge < -0.3 is 10.6 Å². The van der Waals surface area contributed by atoms with Crippen molar-refractivity contribution in [1.29, 1.82) is 0 Å². The van der Waals surface area contributed by atoms with Gasteiger partial charge in [-0.2, -0.15) is 0 Å². The van der Waals surface area contributed by atoms with E-state index in [1.807, 2.05) is 37.3 Å². The van der Waals surface area contributed by atoms with Gasteiger partial charge in [-0.15, -0.1) is 0 Å². The van der Waals surface area contributed by atoms with E-state index in [1.54, 1.807) is 11.0 Å². The zero-order valence-electron chi connectivity index (χ0n) is 11.9. The maximum Gasteiger partial charge on any atom is 0.258 e. The molecule has 2 aromatic carbocycles. The summed E-state index contributed by atoms with van der Waals surface area (Å²) in [5.41, 5.74) is 10.2. The molecule has 0 radical (unpaired) electrons. The molecule has 0 unspecified atom stereocenters. The number of anilines is 2. The Bertz CT molecular complexity index is 692. The molecule has 2 N–H and O–H groups in total. The molecule has 0 aromatic heterocycles. The molecule has 1 heterocycles. The van der Waals surface area contributed by atoms with E-state index in [4.69, 9.17) is 17.3 Å². The molecule has 0 bridgehead atoms. The lowest BCUT2D eigenvalue weighted by molar-refractivity contribution is 0.0985. The Labute approximate surface area is 129 Å². The highest BCUT2D eigenvalue weighted by molar-refractivity contribution is 6.31. The largest absolute Gasteiger partial charge is 0.399 e. The molecule has 3 nitrogen and oxygen atoms in total. The highest BCUT2D eigenvalue weighted by atomic mass is 35.5. The topological polar surface area (TPSA) is 46.3 Å². The predicted molar refractivity (Wildman–Crippen MR) is 87.0 cm³/mol. The van der Waals surface area contributed by atoms with Crippen molar-refractivity contribution in [3.63, 3.8) is 0 Å². The van der Waals surface area contributed by atoms with Crippen LogP contribution in [-0.4, -0.2) is 12.5 Å². The third kappa shape index (κ3) is 2.74. The van der Waals surface area contributed by atoms with Crippen molar-refractivity contribution in [2.75, 3.05) is 17.2 Å². The first-order valence-corrected chi connectivity index (χ1v) is 7.40. The first-order valence-electron chi connectivity index (χ1n) is 7.02. The number of fused-ring (bicyclic) bond motifs is 1. The van der Waals surface area contributed by atoms with E-state index in [2.05, 4.69) is 0 Å². The van der Waals surface area contributed by atoms with Crippen LogP contribution in [0.25, 0.3) is 0 Å². The summed E-state index contributed by atoms with van der Waals surface area (Å²) in [6, 6.07) is 11.2. The zero-order valence-corrected chi connectivity index (χ0v) is 12.7. The van der Waals surface area contributed by atoms with E-state index < -0.39 is 0 Å². The van der Waals surface area contributed by atoms with Crippen molar-refractivity contribution in [1.82, 2.24) is 0 Å². The number of aryl methyl sites for hydroxylation is 2. The van der Waals surface area contributed by atoms with Crippen LogP contribution in [0.4, 0.5) is 11.4 Å². The number of nitrogens with two attached hydrogens (primary N) is 1. The number of halogens is 1. The Kier molecular flexibility index (Phi) is 3.60. The lowest BCUT2D eigenvalue weighted by atomic mass is 10.00. The van der Waals surface area contributed by atoms with Gasteiger partial charge in [-0.05, 0) is 61.2 Å². The predicted octanol–water partition coefficient (Wildman–Crippen LogP) is 3.82. The lowest BCUT2D eigenvalue weighted by Gasteiger charge is -2.30. The number of carbonyl (C=O) groups excluding carboxylic acids is 1. The van der Waals surface area contributed by atoms with Crippen LogP contribution >= 0.6 is 11.6 Å². The summed E-state index contributed by atoms with van der Waals surface area (Å²) >= 11 is 6.07.